The number of ether oxygens (including phenoxy) is 2. The molecule has 28 heavy (non-hydrogen) atoms. The molecule has 2 aromatic carbocycles. The first kappa shape index (κ1) is 17.9. The van der Waals surface area contributed by atoms with Gasteiger partial charge >= 0.3 is 0 Å². The zero-order valence-corrected chi connectivity index (χ0v) is 17.3. The van der Waals surface area contributed by atoms with Crippen LogP contribution >= 0.6 is 15.9 Å². The van der Waals surface area contributed by atoms with Crippen LogP contribution in [-0.4, -0.2) is 50.8 Å². The predicted octanol–water partition coefficient (Wildman–Crippen LogP) is 4.33. The largest absolute Gasteiger partial charge is 0.486 e. The average molecular weight is 443 g/mol. The molecule has 1 aromatic heterocycles. The van der Waals surface area contributed by atoms with Crippen molar-refractivity contribution in [3.63, 3.8) is 0 Å². The molecule has 0 aliphatic carbocycles. The lowest BCUT2D eigenvalue weighted by molar-refractivity contribution is 0.171. The summed E-state index contributed by atoms with van der Waals surface area (Å²) in [5, 5.41) is 1.22. The molecule has 0 amide bonds. The number of benzene rings is 2. The number of furan rings is 1. The van der Waals surface area contributed by atoms with Crippen molar-refractivity contribution in [1.82, 2.24) is 4.90 Å². The molecule has 3 aromatic rings. The Bertz CT molecular complexity index is 979. The number of piperazine rings is 1. The fraction of sp³-hybridized carbons (Fsp3) is 0.364. The fourth-order valence-electron chi connectivity index (χ4n) is 4.05. The number of fused-ring (bicyclic) bond motifs is 2. The van der Waals surface area contributed by atoms with Crippen molar-refractivity contribution in [2.75, 3.05) is 50.8 Å². The summed E-state index contributed by atoms with van der Waals surface area (Å²) in [6.07, 6.45) is 2.91. The third-order valence-electron chi connectivity index (χ3n) is 5.57. The van der Waals surface area contributed by atoms with Gasteiger partial charge in [-0.3, -0.25) is 4.90 Å². The number of para-hydroxylation sites is 1. The van der Waals surface area contributed by atoms with Gasteiger partial charge in [-0.05, 0) is 42.3 Å². The molecular formula is C22H23BrN2O3. The van der Waals surface area contributed by atoms with Gasteiger partial charge in [-0.1, -0.05) is 22.0 Å². The SMILES string of the molecule is Brc1ccc2c(CCN3CCN(c4cccc5c4OCCO5)CC3)coc2c1. The summed E-state index contributed by atoms with van der Waals surface area (Å²) < 4.78 is 18.4. The summed E-state index contributed by atoms with van der Waals surface area (Å²) in [7, 11) is 0. The number of halogens is 1. The molecule has 0 radical (unpaired) electrons. The maximum Gasteiger partial charge on any atom is 0.184 e. The van der Waals surface area contributed by atoms with E-state index in [0.29, 0.717) is 13.2 Å². The Morgan fingerprint density at radius 2 is 1.82 bits per heavy atom. The highest BCUT2D eigenvalue weighted by Gasteiger charge is 2.23. The first-order chi connectivity index (χ1) is 13.8. The molecule has 0 atom stereocenters. The van der Waals surface area contributed by atoms with Crippen LogP contribution in [0.2, 0.25) is 0 Å². The summed E-state index contributed by atoms with van der Waals surface area (Å²) in [6, 6.07) is 12.4. The van der Waals surface area contributed by atoms with Crippen LogP contribution in [0.4, 0.5) is 5.69 Å². The van der Waals surface area contributed by atoms with Crippen LogP contribution in [0.15, 0.2) is 51.6 Å². The van der Waals surface area contributed by atoms with Crippen LogP contribution in [0, 0.1) is 0 Å². The van der Waals surface area contributed by atoms with E-state index in [1.807, 2.05) is 18.4 Å². The Morgan fingerprint density at radius 3 is 2.71 bits per heavy atom. The zero-order valence-electron chi connectivity index (χ0n) is 15.7. The molecular weight excluding hydrogens is 420 g/mol. The van der Waals surface area contributed by atoms with E-state index in [9.17, 15) is 0 Å². The van der Waals surface area contributed by atoms with Crippen molar-refractivity contribution in [1.29, 1.82) is 0 Å². The lowest BCUT2D eigenvalue weighted by Crippen LogP contribution is -2.47. The van der Waals surface area contributed by atoms with Gasteiger partial charge in [-0.2, -0.15) is 0 Å². The Labute approximate surface area is 172 Å². The second kappa shape index (κ2) is 7.68. The maximum absolute atomic E-state index is 5.89. The second-order valence-electron chi connectivity index (χ2n) is 7.28. The lowest BCUT2D eigenvalue weighted by atomic mass is 10.1. The van der Waals surface area contributed by atoms with Gasteiger partial charge in [0.15, 0.2) is 11.5 Å². The summed E-state index contributed by atoms with van der Waals surface area (Å²) in [5.41, 5.74) is 3.39. The Hall–Kier alpha value is -2.18. The highest BCUT2D eigenvalue weighted by Crippen LogP contribution is 2.39. The van der Waals surface area contributed by atoms with Crippen LogP contribution in [0.3, 0.4) is 0 Å². The molecule has 5 nitrogen and oxygen atoms in total. The summed E-state index contributed by atoms with van der Waals surface area (Å²) >= 11 is 3.50. The van der Waals surface area contributed by atoms with Crippen LogP contribution in [-0.2, 0) is 6.42 Å². The molecule has 3 heterocycles. The van der Waals surface area contributed by atoms with Crippen molar-refractivity contribution >= 4 is 32.6 Å². The van der Waals surface area contributed by atoms with E-state index in [4.69, 9.17) is 13.9 Å². The molecule has 0 saturated carbocycles. The predicted molar refractivity (Wildman–Crippen MR) is 114 cm³/mol. The third kappa shape index (κ3) is 3.47. The number of rotatable bonds is 4. The summed E-state index contributed by atoms with van der Waals surface area (Å²) in [5.74, 6) is 1.77. The van der Waals surface area contributed by atoms with Gasteiger partial charge in [0, 0.05) is 42.6 Å². The minimum absolute atomic E-state index is 0.624. The van der Waals surface area contributed by atoms with Gasteiger partial charge in [-0.15, -0.1) is 0 Å². The number of anilines is 1. The molecule has 0 spiro atoms. The van der Waals surface area contributed by atoms with Gasteiger partial charge in [-0.25, -0.2) is 0 Å². The lowest BCUT2D eigenvalue weighted by Gasteiger charge is -2.37. The maximum atomic E-state index is 5.89. The molecule has 0 unspecified atom stereocenters. The topological polar surface area (TPSA) is 38.1 Å². The Kier molecular flexibility index (Phi) is 4.91. The number of hydrogen-bond acceptors (Lipinski definition) is 5. The van der Waals surface area contributed by atoms with Crippen LogP contribution in [0.5, 0.6) is 11.5 Å². The van der Waals surface area contributed by atoms with Gasteiger partial charge in [0.25, 0.3) is 0 Å². The summed E-state index contributed by atoms with van der Waals surface area (Å²) in [4.78, 5) is 4.94. The first-order valence-corrected chi connectivity index (χ1v) is 10.6. The monoisotopic (exact) mass is 442 g/mol. The van der Waals surface area contributed by atoms with E-state index in [1.165, 1.54) is 10.9 Å². The molecule has 2 aliphatic rings. The quantitative estimate of drug-likeness (QED) is 0.600. The molecule has 0 N–H and O–H groups in total. The molecule has 146 valence electrons. The van der Waals surface area contributed by atoms with Crippen LogP contribution in [0.1, 0.15) is 5.56 Å². The van der Waals surface area contributed by atoms with E-state index >= 15 is 0 Å². The van der Waals surface area contributed by atoms with Gasteiger partial charge in [0.05, 0.1) is 12.0 Å². The van der Waals surface area contributed by atoms with Crippen LogP contribution in [0.25, 0.3) is 11.0 Å². The summed E-state index contributed by atoms with van der Waals surface area (Å²) in [6.45, 7) is 6.39. The Morgan fingerprint density at radius 1 is 0.964 bits per heavy atom. The highest BCUT2D eigenvalue weighted by atomic mass is 79.9. The molecule has 2 aliphatic heterocycles. The van der Waals surface area contributed by atoms with Crippen molar-refractivity contribution in [3.8, 4) is 11.5 Å². The molecule has 6 heteroatoms. The van der Waals surface area contributed by atoms with E-state index in [0.717, 1.165) is 66.4 Å². The molecule has 0 bridgehead atoms. The van der Waals surface area contributed by atoms with E-state index in [-0.39, 0.29) is 0 Å². The second-order valence-corrected chi connectivity index (χ2v) is 8.20. The van der Waals surface area contributed by atoms with E-state index in [2.05, 4.69) is 50.0 Å². The van der Waals surface area contributed by atoms with E-state index < -0.39 is 0 Å². The van der Waals surface area contributed by atoms with Crippen molar-refractivity contribution in [3.05, 3.63) is 52.7 Å². The normalized spacial score (nSPS) is 17.2. The molecule has 5 rings (SSSR count). The fourth-order valence-corrected chi connectivity index (χ4v) is 4.39. The standard InChI is InChI=1S/C22H23BrN2O3/c23-17-4-5-18-16(15-28-21(18)14-17)6-7-24-8-10-25(11-9-24)19-2-1-3-20-22(19)27-13-12-26-20/h1-5,14-15H,6-13H2. The molecule has 1 fully saturated rings. The van der Waals surface area contributed by atoms with Gasteiger partial charge < -0.3 is 18.8 Å². The van der Waals surface area contributed by atoms with Crippen molar-refractivity contribution < 1.29 is 13.9 Å². The minimum atomic E-state index is 0.624. The van der Waals surface area contributed by atoms with E-state index in [1.54, 1.807) is 0 Å². The zero-order chi connectivity index (χ0) is 18.9. The van der Waals surface area contributed by atoms with Crippen molar-refractivity contribution in [2.45, 2.75) is 6.42 Å². The average Bonchev–Trinajstić information content (AvgIpc) is 3.14. The number of hydrogen-bond donors (Lipinski definition) is 0. The first-order valence-electron chi connectivity index (χ1n) is 9.79. The Balaban J connectivity index is 1.21. The third-order valence-corrected chi connectivity index (χ3v) is 6.07. The molecule has 1 saturated heterocycles. The smallest absolute Gasteiger partial charge is 0.184 e. The highest BCUT2D eigenvalue weighted by molar-refractivity contribution is 9.10. The van der Waals surface area contributed by atoms with Crippen molar-refractivity contribution in [2.24, 2.45) is 0 Å². The van der Waals surface area contributed by atoms with Crippen LogP contribution < -0.4 is 14.4 Å². The van der Waals surface area contributed by atoms with Gasteiger partial charge in [0.2, 0.25) is 0 Å². The minimum Gasteiger partial charge on any atom is -0.486 e. The number of nitrogens with zero attached hydrogens (tertiary/aromatic N) is 2. The van der Waals surface area contributed by atoms with Gasteiger partial charge in [0.1, 0.15) is 18.8 Å².